The summed E-state index contributed by atoms with van der Waals surface area (Å²) >= 11 is 0. The fourth-order valence-electron chi connectivity index (χ4n) is 2.51. The van der Waals surface area contributed by atoms with Crippen LogP contribution < -0.4 is 15.4 Å². The van der Waals surface area contributed by atoms with Gasteiger partial charge in [0, 0.05) is 17.2 Å². The fourth-order valence-corrected chi connectivity index (χ4v) is 2.51. The predicted octanol–water partition coefficient (Wildman–Crippen LogP) is 3.52. The third-order valence-electron chi connectivity index (χ3n) is 4.14. The van der Waals surface area contributed by atoms with Gasteiger partial charge in [0.05, 0.1) is 6.04 Å². The van der Waals surface area contributed by atoms with E-state index in [0.29, 0.717) is 17.1 Å². The highest BCUT2D eigenvalue weighted by Crippen LogP contribution is 2.21. The van der Waals surface area contributed by atoms with Gasteiger partial charge in [0.1, 0.15) is 5.82 Å². The van der Waals surface area contributed by atoms with Gasteiger partial charge in [0.25, 0.3) is 5.91 Å². The number of nitrogens with zero attached hydrogens (tertiary/aromatic N) is 3. The van der Waals surface area contributed by atoms with E-state index in [4.69, 9.17) is 0 Å². The molecule has 2 rings (SSSR count). The van der Waals surface area contributed by atoms with Gasteiger partial charge in [-0.3, -0.25) is 9.59 Å². The van der Waals surface area contributed by atoms with Crippen LogP contribution in [0.15, 0.2) is 18.2 Å². The average molecular weight is 439 g/mol. The molecule has 1 atom stereocenters. The molecule has 0 bridgehead atoms. The summed E-state index contributed by atoms with van der Waals surface area (Å²) in [6.07, 6.45) is -4.50. The van der Waals surface area contributed by atoms with Gasteiger partial charge in [0.2, 0.25) is 11.8 Å². The zero-order chi connectivity index (χ0) is 23.3. The molecule has 0 fully saturated rings. The highest BCUT2D eigenvalue weighted by molar-refractivity contribution is 5.93. The van der Waals surface area contributed by atoms with Crippen molar-refractivity contribution in [2.24, 2.45) is 5.92 Å². The largest absolute Gasteiger partial charge is 0.467 e. The maximum Gasteiger partial charge on any atom is 0.422 e. The van der Waals surface area contributed by atoms with E-state index in [9.17, 15) is 22.8 Å². The molecule has 2 N–H and O–H groups in total. The van der Waals surface area contributed by atoms with Crippen molar-refractivity contribution in [1.29, 1.82) is 0 Å². The summed E-state index contributed by atoms with van der Waals surface area (Å²) in [6.45, 7) is 6.99. The standard InChI is InChI=1S/C20H24F3N5O3/c1-10(2)17(29)26-16-8-14(7-12(4)24-16)13(5)25-18(30)15-6-11(3)19(28-27-15)31-9-20(21,22)23/h6-8,10,13H,9H2,1-5H3,(H,25,30)(H,24,26,29). The van der Waals surface area contributed by atoms with Crippen LogP contribution in [0, 0.1) is 19.8 Å². The van der Waals surface area contributed by atoms with Gasteiger partial charge in [-0.15, -0.1) is 10.2 Å². The number of carbonyl (C=O) groups excluding carboxylic acids is 2. The molecule has 168 valence electrons. The third kappa shape index (κ3) is 7.19. The Morgan fingerprint density at radius 1 is 1.10 bits per heavy atom. The number of hydrogen-bond acceptors (Lipinski definition) is 6. The van der Waals surface area contributed by atoms with Crippen LogP contribution in [0.2, 0.25) is 0 Å². The lowest BCUT2D eigenvalue weighted by molar-refractivity contribution is -0.154. The second kappa shape index (κ2) is 9.71. The molecule has 2 amide bonds. The first-order valence-electron chi connectivity index (χ1n) is 9.50. The smallest absolute Gasteiger partial charge is 0.422 e. The molecular formula is C20H24F3N5O3. The molecule has 0 saturated heterocycles. The van der Waals surface area contributed by atoms with Crippen molar-refractivity contribution in [1.82, 2.24) is 20.5 Å². The highest BCUT2D eigenvalue weighted by atomic mass is 19.4. The molecule has 31 heavy (non-hydrogen) atoms. The van der Waals surface area contributed by atoms with Gasteiger partial charge in [-0.1, -0.05) is 13.8 Å². The predicted molar refractivity (Wildman–Crippen MR) is 107 cm³/mol. The molecule has 0 aliphatic heterocycles. The summed E-state index contributed by atoms with van der Waals surface area (Å²) in [6, 6.07) is 4.25. The Morgan fingerprint density at radius 2 is 1.77 bits per heavy atom. The lowest BCUT2D eigenvalue weighted by Crippen LogP contribution is -2.28. The summed E-state index contributed by atoms with van der Waals surface area (Å²) in [5.74, 6) is -0.881. The van der Waals surface area contributed by atoms with Crippen LogP contribution in [0.1, 0.15) is 54.1 Å². The number of nitrogens with one attached hydrogen (secondary N) is 2. The van der Waals surface area contributed by atoms with Crippen LogP contribution in [-0.4, -0.2) is 39.8 Å². The fraction of sp³-hybridized carbons (Fsp3) is 0.450. The first-order valence-corrected chi connectivity index (χ1v) is 9.50. The Kier molecular flexibility index (Phi) is 7.53. The van der Waals surface area contributed by atoms with Gasteiger partial charge in [-0.25, -0.2) is 4.98 Å². The number of halogens is 3. The topological polar surface area (TPSA) is 106 Å². The van der Waals surface area contributed by atoms with Crippen LogP contribution in [0.5, 0.6) is 5.88 Å². The minimum Gasteiger partial charge on any atom is -0.467 e. The molecule has 2 heterocycles. The second-order valence-corrected chi connectivity index (χ2v) is 7.39. The van der Waals surface area contributed by atoms with Crippen LogP contribution >= 0.6 is 0 Å². The van der Waals surface area contributed by atoms with Crippen molar-refractivity contribution in [3.8, 4) is 5.88 Å². The molecule has 1 unspecified atom stereocenters. The van der Waals surface area contributed by atoms with E-state index in [1.807, 2.05) is 0 Å². The van der Waals surface area contributed by atoms with E-state index >= 15 is 0 Å². The third-order valence-corrected chi connectivity index (χ3v) is 4.14. The molecule has 2 aromatic heterocycles. The monoisotopic (exact) mass is 439 g/mol. The number of aromatic nitrogens is 3. The van der Waals surface area contributed by atoms with Crippen LogP contribution in [-0.2, 0) is 4.79 Å². The number of hydrogen-bond donors (Lipinski definition) is 2. The first-order chi connectivity index (χ1) is 14.4. The van der Waals surface area contributed by atoms with Gasteiger partial charge < -0.3 is 15.4 Å². The Morgan fingerprint density at radius 3 is 2.35 bits per heavy atom. The quantitative estimate of drug-likeness (QED) is 0.684. The molecule has 2 aromatic rings. The van der Waals surface area contributed by atoms with E-state index in [1.165, 1.54) is 13.0 Å². The number of anilines is 1. The molecule has 0 aromatic carbocycles. The van der Waals surface area contributed by atoms with Crippen LogP contribution in [0.25, 0.3) is 0 Å². The van der Waals surface area contributed by atoms with Crippen molar-refractivity contribution in [3.05, 3.63) is 40.7 Å². The Balaban J connectivity index is 2.11. The van der Waals surface area contributed by atoms with Gasteiger partial charge in [-0.2, -0.15) is 13.2 Å². The van der Waals surface area contributed by atoms with E-state index in [0.717, 1.165) is 0 Å². The number of ether oxygens (including phenoxy) is 1. The molecule has 8 nitrogen and oxygen atoms in total. The van der Waals surface area contributed by atoms with Crippen molar-refractivity contribution < 1.29 is 27.5 Å². The van der Waals surface area contributed by atoms with Crippen molar-refractivity contribution in [2.45, 2.75) is 46.8 Å². The highest BCUT2D eigenvalue weighted by Gasteiger charge is 2.29. The summed E-state index contributed by atoms with van der Waals surface area (Å²) < 4.78 is 41.4. The molecule has 0 aliphatic carbocycles. The SMILES string of the molecule is Cc1cc(C(C)NC(=O)c2cc(C)c(OCC(F)(F)F)nn2)cc(NC(=O)C(C)C)n1. The zero-order valence-corrected chi connectivity index (χ0v) is 17.8. The summed E-state index contributed by atoms with van der Waals surface area (Å²) in [5, 5.41) is 12.7. The molecule has 0 aliphatic rings. The van der Waals surface area contributed by atoms with E-state index in [-0.39, 0.29) is 29.0 Å². The Hall–Kier alpha value is -3.24. The van der Waals surface area contributed by atoms with Crippen molar-refractivity contribution in [3.63, 3.8) is 0 Å². The first kappa shape index (κ1) is 24.0. The van der Waals surface area contributed by atoms with E-state index in [1.54, 1.807) is 39.8 Å². The molecule has 0 radical (unpaired) electrons. The Bertz CT molecular complexity index is 964. The van der Waals surface area contributed by atoms with E-state index in [2.05, 4.69) is 30.6 Å². The zero-order valence-electron chi connectivity index (χ0n) is 17.8. The molecular weight excluding hydrogens is 415 g/mol. The second-order valence-electron chi connectivity index (χ2n) is 7.39. The molecule has 11 heteroatoms. The van der Waals surface area contributed by atoms with Gasteiger partial charge in [-0.05, 0) is 44.5 Å². The van der Waals surface area contributed by atoms with Gasteiger partial charge in [0.15, 0.2) is 12.3 Å². The maximum atomic E-state index is 12.5. The van der Waals surface area contributed by atoms with Crippen molar-refractivity contribution >= 4 is 17.6 Å². The summed E-state index contributed by atoms with van der Waals surface area (Å²) in [4.78, 5) is 28.7. The normalized spacial score (nSPS) is 12.4. The number of alkyl halides is 3. The number of amides is 2. The Labute approximate surface area is 177 Å². The molecule has 0 saturated carbocycles. The number of aryl methyl sites for hydroxylation is 2. The number of rotatable bonds is 7. The van der Waals surface area contributed by atoms with Crippen LogP contribution in [0.3, 0.4) is 0 Å². The van der Waals surface area contributed by atoms with Crippen molar-refractivity contribution in [2.75, 3.05) is 11.9 Å². The lowest BCUT2D eigenvalue weighted by atomic mass is 10.1. The summed E-state index contributed by atoms with van der Waals surface area (Å²) in [5.41, 5.74) is 1.53. The summed E-state index contributed by atoms with van der Waals surface area (Å²) in [7, 11) is 0. The average Bonchev–Trinajstić information content (AvgIpc) is 2.65. The van der Waals surface area contributed by atoms with Crippen LogP contribution in [0.4, 0.5) is 19.0 Å². The number of carbonyl (C=O) groups is 2. The number of pyridine rings is 1. The maximum absolute atomic E-state index is 12.5. The minimum atomic E-state index is -4.50. The van der Waals surface area contributed by atoms with E-state index < -0.39 is 24.7 Å². The minimum absolute atomic E-state index is 0.0668. The molecule has 0 spiro atoms. The van der Waals surface area contributed by atoms with Gasteiger partial charge >= 0.3 is 6.18 Å². The lowest BCUT2D eigenvalue weighted by Gasteiger charge is -2.17.